The number of ether oxygens (including phenoxy) is 2. The van der Waals surface area contributed by atoms with Gasteiger partial charge < -0.3 is 14.6 Å². The molecule has 0 saturated heterocycles. The molecule has 1 fully saturated rings. The second-order valence-corrected chi connectivity index (χ2v) is 8.80. The lowest BCUT2D eigenvalue weighted by Gasteiger charge is -2.19. The van der Waals surface area contributed by atoms with Gasteiger partial charge in [-0.05, 0) is 55.6 Å². The number of carbonyl (C=O) groups is 2. The molecule has 0 radical (unpaired) electrons. The maximum absolute atomic E-state index is 12.2. The highest BCUT2D eigenvalue weighted by Gasteiger charge is 2.33. The zero-order valence-corrected chi connectivity index (χ0v) is 20.2. The van der Waals surface area contributed by atoms with Crippen LogP contribution in [0.15, 0.2) is 47.5 Å². The van der Waals surface area contributed by atoms with Gasteiger partial charge in [0.2, 0.25) is 0 Å². The Morgan fingerprint density at radius 2 is 1.97 bits per heavy atom. The minimum Gasteiger partial charge on any atom is -0.467 e. The van der Waals surface area contributed by atoms with E-state index >= 15 is 0 Å². The van der Waals surface area contributed by atoms with Crippen molar-refractivity contribution in [2.24, 2.45) is 16.8 Å². The third-order valence-corrected chi connectivity index (χ3v) is 6.23. The van der Waals surface area contributed by atoms with Crippen LogP contribution in [0.25, 0.3) is 0 Å². The molecule has 2 rings (SSSR count). The summed E-state index contributed by atoms with van der Waals surface area (Å²) in [6.45, 7) is 3.58. The minimum absolute atomic E-state index is 0.0219. The van der Waals surface area contributed by atoms with Crippen LogP contribution in [-0.2, 0) is 25.5 Å². The number of methoxy groups -OCH3 is 1. The highest BCUT2D eigenvalue weighted by molar-refractivity contribution is 5.78. The normalized spacial score (nSPS) is 22.5. The maximum Gasteiger partial charge on any atom is 0.330 e. The van der Waals surface area contributed by atoms with E-state index < -0.39 is 12.1 Å². The number of rotatable bonds is 13. The van der Waals surface area contributed by atoms with Gasteiger partial charge in [0.25, 0.3) is 0 Å². The topological polar surface area (TPSA) is 85.2 Å². The molecule has 1 aromatic rings. The molecule has 2 unspecified atom stereocenters. The minimum atomic E-state index is -0.600. The van der Waals surface area contributed by atoms with Gasteiger partial charge in [0.15, 0.2) is 6.04 Å². The molecule has 0 bridgehead atoms. The lowest BCUT2D eigenvalue weighted by molar-refractivity contribution is -0.144. The first-order valence-electron chi connectivity index (χ1n) is 12.1. The highest BCUT2D eigenvalue weighted by atomic mass is 16.5. The van der Waals surface area contributed by atoms with E-state index in [9.17, 15) is 14.7 Å². The summed E-state index contributed by atoms with van der Waals surface area (Å²) in [5.74, 6) is -0.437. The number of aliphatic imine (C=N–C) groups is 1. The lowest BCUT2D eigenvalue weighted by atomic mass is 9.91. The number of benzene rings is 1. The monoisotopic (exact) mass is 457 g/mol. The SMILES string of the molecule is CCCCC[C@@H](/C=C/C1CCC(O)[C@@H]1CC=N[C@@H](Cc1ccccc1)C(=O)OC)OC(C)=O. The third kappa shape index (κ3) is 9.50. The van der Waals surface area contributed by atoms with E-state index in [1.165, 1.54) is 14.0 Å². The van der Waals surface area contributed by atoms with Crippen LogP contribution >= 0.6 is 0 Å². The first kappa shape index (κ1) is 26.8. The number of esters is 2. The summed E-state index contributed by atoms with van der Waals surface area (Å²) in [4.78, 5) is 28.2. The van der Waals surface area contributed by atoms with Crippen molar-refractivity contribution in [3.63, 3.8) is 0 Å². The Labute approximate surface area is 198 Å². The molecule has 1 aliphatic carbocycles. The van der Waals surface area contributed by atoms with Crippen LogP contribution in [0.1, 0.15) is 64.4 Å². The molecule has 0 aromatic heterocycles. The molecule has 0 heterocycles. The highest BCUT2D eigenvalue weighted by Crippen LogP contribution is 2.35. The van der Waals surface area contributed by atoms with Crippen LogP contribution in [0.3, 0.4) is 0 Å². The van der Waals surface area contributed by atoms with E-state index in [1.54, 1.807) is 6.21 Å². The van der Waals surface area contributed by atoms with Gasteiger partial charge in [-0.25, -0.2) is 4.79 Å². The van der Waals surface area contributed by atoms with Crippen molar-refractivity contribution in [2.75, 3.05) is 7.11 Å². The van der Waals surface area contributed by atoms with E-state index in [2.05, 4.69) is 18.0 Å². The van der Waals surface area contributed by atoms with Gasteiger partial charge in [0.1, 0.15) is 6.10 Å². The average molecular weight is 458 g/mol. The number of aliphatic hydroxyl groups is 1. The van der Waals surface area contributed by atoms with Crippen molar-refractivity contribution in [1.82, 2.24) is 0 Å². The number of hydrogen-bond acceptors (Lipinski definition) is 6. The van der Waals surface area contributed by atoms with Gasteiger partial charge in [-0.3, -0.25) is 9.79 Å². The molecule has 5 atom stereocenters. The molecular formula is C27H39NO5. The Morgan fingerprint density at radius 3 is 2.64 bits per heavy atom. The molecule has 6 nitrogen and oxygen atoms in total. The largest absolute Gasteiger partial charge is 0.467 e. The Kier molecular flexibility index (Phi) is 11.9. The van der Waals surface area contributed by atoms with Gasteiger partial charge in [-0.1, -0.05) is 56.2 Å². The second kappa shape index (κ2) is 14.6. The van der Waals surface area contributed by atoms with Gasteiger partial charge in [0.05, 0.1) is 13.2 Å². The van der Waals surface area contributed by atoms with Crippen LogP contribution in [0.4, 0.5) is 0 Å². The maximum atomic E-state index is 12.2. The summed E-state index contributed by atoms with van der Waals surface area (Å²) < 4.78 is 10.4. The molecule has 0 spiro atoms. The summed E-state index contributed by atoms with van der Waals surface area (Å²) >= 11 is 0. The summed E-state index contributed by atoms with van der Waals surface area (Å²) in [5.41, 5.74) is 1.02. The van der Waals surface area contributed by atoms with Gasteiger partial charge in [-0.15, -0.1) is 0 Å². The molecule has 0 amide bonds. The van der Waals surface area contributed by atoms with E-state index in [-0.39, 0.29) is 29.9 Å². The summed E-state index contributed by atoms with van der Waals surface area (Å²) in [7, 11) is 1.37. The number of allylic oxidation sites excluding steroid dienone is 1. The Balaban J connectivity index is 2.01. The second-order valence-electron chi connectivity index (χ2n) is 8.80. The van der Waals surface area contributed by atoms with E-state index in [1.807, 2.05) is 36.4 Å². The molecular weight excluding hydrogens is 418 g/mol. The molecule has 1 aromatic carbocycles. The van der Waals surface area contributed by atoms with Crippen LogP contribution < -0.4 is 0 Å². The zero-order chi connectivity index (χ0) is 24.1. The molecule has 0 aliphatic heterocycles. The summed E-state index contributed by atoms with van der Waals surface area (Å²) in [5, 5.41) is 10.5. The number of nitrogens with zero attached hydrogens (tertiary/aromatic N) is 1. The smallest absolute Gasteiger partial charge is 0.330 e. The molecule has 1 saturated carbocycles. The van der Waals surface area contributed by atoms with Crippen LogP contribution in [0.2, 0.25) is 0 Å². The number of carbonyl (C=O) groups excluding carboxylic acids is 2. The van der Waals surface area contributed by atoms with Gasteiger partial charge in [0, 0.05) is 19.6 Å². The predicted molar refractivity (Wildman–Crippen MR) is 130 cm³/mol. The van der Waals surface area contributed by atoms with Gasteiger partial charge >= 0.3 is 11.9 Å². The van der Waals surface area contributed by atoms with Crippen molar-refractivity contribution >= 4 is 18.2 Å². The van der Waals surface area contributed by atoms with Crippen molar-refractivity contribution < 1.29 is 24.2 Å². The van der Waals surface area contributed by atoms with Crippen LogP contribution in [-0.4, -0.2) is 48.6 Å². The Hall–Kier alpha value is -2.47. The molecule has 1 aliphatic rings. The molecule has 6 heteroatoms. The zero-order valence-electron chi connectivity index (χ0n) is 20.2. The third-order valence-electron chi connectivity index (χ3n) is 6.23. The van der Waals surface area contributed by atoms with Crippen molar-refractivity contribution in [1.29, 1.82) is 0 Å². The standard InChI is InChI=1S/C27H39NO5/c1-4-5-7-12-23(33-20(2)29)15-13-22-14-16-26(30)24(22)17-18-28-25(27(31)32-3)19-21-10-8-6-9-11-21/h6,8-11,13,15,18,22-26,30H,4-5,7,12,14,16-17,19H2,1-3H3/b15-13+,28-18?/t22?,23-,24+,25-,26?/m0/s1. The molecule has 182 valence electrons. The van der Waals surface area contributed by atoms with E-state index in [0.717, 1.165) is 44.1 Å². The number of unbranched alkanes of at least 4 members (excludes halogenated alkanes) is 2. The Morgan fingerprint density at radius 1 is 1.21 bits per heavy atom. The average Bonchev–Trinajstić information content (AvgIpc) is 3.16. The van der Waals surface area contributed by atoms with Crippen LogP contribution in [0, 0.1) is 11.8 Å². The fourth-order valence-corrected chi connectivity index (χ4v) is 4.40. The van der Waals surface area contributed by atoms with E-state index in [4.69, 9.17) is 9.47 Å². The fraction of sp³-hybridized carbons (Fsp3) is 0.593. The lowest BCUT2D eigenvalue weighted by Crippen LogP contribution is -2.24. The van der Waals surface area contributed by atoms with Crippen LogP contribution in [0.5, 0.6) is 0 Å². The van der Waals surface area contributed by atoms with Crippen molar-refractivity contribution in [3.8, 4) is 0 Å². The van der Waals surface area contributed by atoms with Crippen molar-refractivity contribution in [2.45, 2.75) is 83.5 Å². The molecule has 1 N–H and O–H groups in total. The summed E-state index contributed by atoms with van der Waals surface area (Å²) in [6.07, 6.45) is 11.9. The number of aliphatic hydroxyl groups excluding tert-OH is 1. The Bertz CT molecular complexity index is 776. The fourth-order valence-electron chi connectivity index (χ4n) is 4.40. The first-order valence-corrected chi connectivity index (χ1v) is 12.1. The summed E-state index contributed by atoms with van der Waals surface area (Å²) in [6, 6.07) is 9.14. The van der Waals surface area contributed by atoms with Gasteiger partial charge in [-0.2, -0.15) is 0 Å². The van der Waals surface area contributed by atoms with Crippen molar-refractivity contribution in [3.05, 3.63) is 48.0 Å². The number of hydrogen-bond donors (Lipinski definition) is 1. The van der Waals surface area contributed by atoms with E-state index in [0.29, 0.717) is 12.8 Å². The quantitative estimate of drug-likeness (QED) is 0.201. The first-order chi connectivity index (χ1) is 15.9. The predicted octanol–water partition coefficient (Wildman–Crippen LogP) is 4.69. The molecule has 33 heavy (non-hydrogen) atoms.